The van der Waals surface area contributed by atoms with Crippen molar-refractivity contribution in [2.75, 3.05) is 17.6 Å². The zero-order chi connectivity index (χ0) is 14.9. The second-order valence-corrected chi connectivity index (χ2v) is 6.19. The van der Waals surface area contributed by atoms with Crippen LogP contribution in [-0.2, 0) is 9.47 Å². The van der Waals surface area contributed by atoms with E-state index in [-0.39, 0.29) is 6.29 Å². The molecule has 0 aromatic heterocycles. The summed E-state index contributed by atoms with van der Waals surface area (Å²) >= 11 is 2.43. The minimum absolute atomic E-state index is 0.0223. The van der Waals surface area contributed by atoms with Crippen molar-refractivity contribution in [3.8, 4) is 0 Å². The Morgan fingerprint density at radius 1 is 0.850 bits per heavy atom. The Labute approximate surface area is 139 Å². The molecule has 0 aromatic carbocycles. The zero-order valence-corrected chi connectivity index (χ0v) is 15.6. The summed E-state index contributed by atoms with van der Waals surface area (Å²) in [6, 6.07) is 0. The Balaban J connectivity index is 3.49. The van der Waals surface area contributed by atoms with Crippen LogP contribution >= 0.6 is 22.6 Å². The van der Waals surface area contributed by atoms with Gasteiger partial charge in [-0.2, -0.15) is 0 Å². The van der Waals surface area contributed by atoms with Gasteiger partial charge >= 0.3 is 0 Å². The molecule has 0 aromatic rings. The van der Waals surface area contributed by atoms with E-state index in [2.05, 4.69) is 48.6 Å². The van der Waals surface area contributed by atoms with Crippen LogP contribution < -0.4 is 0 Å². The Hall–Kier alpha value is 0.390. The highest BCUT2D eigenvalue weighted by atomic mass is 127. The van der Waals surface area contributed by atoms with Crippen LogP contribution in [0.1, 0.15) is 71.6 Å². The first-order chi connectivity index (χ1) is 9.85. The summed E-state index contributed by atoms with van der Waals surface area (Å²) < 4.78 is 12.7. The number of rotatable bonds is 15. The van der Waals surface area contributed by atoms with Gasteiger partial charge < -0.3 is 9.47 Å². The Bertz CT molecular complexity index is 199. The molecule has 0 aliphatic heterocycles. The van der Waals surface area contributed by atoms with Crippen LogP contribution in [0.25, 0.3) is 0 Å². The van der Waals surface area contributed by atoms with E-state index in [1.54, 1.807) is 0 Å². The Morgan fingerprint density at radius 2 is 1.45 bits per heavy atom. The zero-order valence-electron chi connectivity index (χ0n) is 13.4. The molecule has 0 saturated heterocycles. The van der Waals surface area contributed by atoms with Gasteiger partial charge in [0.1, 0.15) is 0 Å². The lowest BCUT2D eigenvalue weighted by atomic mass is 10.1. The van der Waals surface area contributed by atoms with Crippen molar-refractivity contribution in [3.05, 3.63) is 12.2 Å². The second-order valence-electron chi connectivity index (χ2n) is 5.11. The lowest BCUT2D eigenvalue weighted by molar-refractivity contribution is -0.146. The Kier molecular flexibility index (Phi) is 17.8. The number of hydrogen-bond acceptors (Lipinski definition) is 2. The quantitative estimate of drug-likeness (QED) is 0.113. The van der Waals surface area contributed by atoms with Crippen LogP contribution in [-0.4, -0.2) is 23.9 Å². The highest BCUT2D eigenvalue weighted by molar-refractivity contribution is 14.1. The van der Waals surface area contributed by atoms with Crippen molar-refractivity contribution in [2.45, 2.75) is 77.9 Å². The third-order valence-electron chi connectivity index (χ3n) is 3.00. The molecule has 0 bridgehead atoms. The van der Waals surface area contributed by atoms with Gasteiger partial charge in [-0.1, -0.05) is 55.0 Å². The average Bonchev–Trinajstić information content (AvgIpc) is 2.47. The van der Waals surface area contributed by atoms with Crippen LogP contribution in [0.15, 0.2) is 12.2 Å². The van der Waals surface area contributed by atoms with E-state index in [1.165, 1.54) is 43.0 Å². The number of ether oxygens (including phenoxy) is 2. The summed E-state index contributed by atoms with van der Waals surface area (Å²) in [5.41, 5.74) is 0. The summed E-state index contributed by atoms with van der Waals surface area (Å²) in [4.78, 5) is 0. The van der Waals surface area contributed by atoms with Crippen LogP contribution in [0, 0.1) is 0 Å². The van der Waals surface area contributed by atoms with Crippen molar-refractivity contribution in [2.24, 2.45) is 0 Å². The van der Waals surface area contributed by atoms with Crippen molar-refractivity contribution in [3.63, 3.8) is 0 Å². The van der Waals surface area contributed by atoms with Crippen LogP contribution in [0.4, 0.5) is 0 Å². The predicted octanol–water partition coefficient (Wildman–Crippen LogP) is 5.89. The topological polar surface area (TPSA) is 18.5 Å². The average molecular weight is 396 g/mol. The molecule has 120 valence electrons. The first-order valence-electron chi connectivity index (χ1n) is 8.29. The summed E-state index contributed by atoms with van der Waals surface area (Å²) in [6.45, 7) is 5.91. The molecule has 0 N–H and O–H groups in total. The molecule has 20 heavy (non-hydrogen) atoms. The lowest BCUT2D eigenvalue weighted by Crippen LogP contribution is -2.18. The number of allylic oxidation sites excluding steroid dienone is 2. The molecule has 0 spiro atoms. The van der Waals surface area contributed by atoms with E-state index in [4.69, 9.17) is 9.47 Å². The largest absolute Gasteiger partial charge is 0.353 e. The first-order valence-corrected chi connectivity index (χ1v) is 9.81. The maximum atomic E-state index is 5.73. The molecule has 0 unspecified atom stereocenters. The molecule has 0 rings (SSSR count). The van der Waals surface area contributed by atoms with Gasteiger partial charge in [-0.15, -0.1) is 0 Å². The van der Waals surface area contributed by atoms with E-state index in [1.807, 2.05) is 0 Å². The maximum absolute atomic E-state index is 5.73. The third-order valence-corrected chi connectivity index (χ3v) is 3.76. The van der Waals surface area contributed by atoms with Crippen molar-refractivity contribution < 1.29 is 9.47 Å². The SMILES string of the molecule is CCCOC(CCCCC/C=C/CCCI)OCCC. The number of alkyl halides is 1. The molecule has 0 radical (unpaired) electrons. The fourth-order valence-corrected chi connectivity index (χ4v) is 2.33. The molecule has 3 heteroatoms. The smallest absolute Gasteiger partial charge is 0.157 e. The van der Waals surface area contributed by atoms with Gasteiger partial charge in [0, 0.05) is 13.2 Å². The number of halogens is 1. The second kappa shape index (κ2) is 17.4. The molecule has 0 amide bonds. The fraction of sp³-hybridized carbons (Fsp3) is 0.882. The summed E-state index contributed by atoms with van der Waals surface area (Å²) in [5.74, 6) is 0. The molecule has 2 nitrogen and oxygen atoms in total. The van der Waals surface area contributed by atoms with Crippen molar-refractivity contribution in [1.29, 1.82) is 0 Å². The highest BCUT2D eigenvalue weighted by Crippen LogP contribution is 2.11. The highest BCUT2D eigenvalue weighted by Gasteiger charge is 2.07. The van der Waals surface area contributed by atoms with Gasteiger partial charge in [-0.25, -0.2) is 0 Å². The minimum Gasteiger partial charge on any atom is -0.353 e. The van der Waals surface area contributed by atoms with Gasteiger partial charge in [-0.05, 0) is 55.8 Å². The molecule has 0 aliphatic rings. The van der Waals surface area contributed by atoms with Crippen molar-refractivity contribution in [1.82, 2.24) is 0 Å². The fourth-order valence-electron chi connectivity index (χ4n) is 1.89. The lowest BCUT2D eigenvalue weighted by Gasteiger charge is -2.17. The molecule has 0 atom stereocenters. The monoisotopic (exact) mass is 396 g/mol. The van der Waals surface area contributed by atoms with Crippen LogP contribution in [0.5, 0.6) is 0 Å². The van der Waals surface area contributed by atoms with Crippen LogP contribution in [0.3, 0.4) is 0 Å². The minimum atomic E-state index is 0.0223. The predicted molar refractivity (Wildman–Crippen MR) is 96.6 cm³/mol. The maximum Gasteiger partial charge on any atom is 0.157 e. The normalized spacial score (nSPS) is 11.8. The molecule has 0 aliphatic carbocycles. The first kappa shape index (κ1) is 20.4. The van der Waals surface area contributed by atoms with E-state index >= 15 is 0 Å². The van der Waals surface area contributed by atoms with Gasteiger partial charge in [0.05, 0.1) is 0 Å². The molecule has 0 saturated carbocycles. The molecule has 0 fully saturated rings. The van der Waals surface area contributed by atoms with Crippen LogP contribution in [0.2, 0.25) is 0 Å². The standard InChI is InChI=1S/C17H33IO2/c1-3-15-19-17(20-16-4-2)13-11-9-7-5-6-8-10-12-14-18/h6,8,17H,3-5,7,9-16H2,1-2H3/b8-6+. The van der Waals surface area contributed by atoms with Crippen molar-refractivity contribution >= 4 is 22.6 Å². The third kappa shape index (κ3) is 14.8. The number of hydrogen-bond donors (Lipinski definition) is 0. The summed E-state index contributed by atoms with van der Waals surface area (Å²) in [6.07, 6.45) is 15.4. The van der Waals surface area contributed by atoms with E-state index in [0.717, 1.165) is 32.5 Å². The van der Waals surface area contributed by atoms with E-state index in [9.17, 15) is 0 Å². The van der Waals surface area contributed by atoms with Gasteiger partial charge in [0.25, 0.3) is 0 Å². The molecular formula is C17H33IO2. The molecule has 0 heterocycles. The van der Waals surface area contributed by atoms with Gasteiger partial charge in [-0.3, -0.25) is 0 Å². The number of unbranched alkanes of at least 4 members (excludes halogenated alkanes) is 4. The molecular weight excluding hydrogens is 363 g/mol. The van der Waals surface area contributed by atoms with E-state index < -0.39 is 0 Å². The van der Waals surface area contributed by atoms with Gasteiger partial charge in [0.15, 0.2) is 6.29 Å². The van der Waals surface area contributed by atoms with Gasteiger partial charge in [0.2, 0.25) is 0 Å². The summed E-state index contributed by atoms with van der Waals surface area (Å²) in [7, 11) is 0. The summed E-state index contributed by atoms with van der Waals surface area (Å²) in [5, 5.41) is 0. The Morgan fingerprint density at radius 3 is 2.00 bits per heavy atom. The van der Waals surface area contributed by atoms with E-state index in [0.29, 0.717) is 0 Å².